The standard InChI is InChI=1S/C5H3NO2S2/c6-3-4-1-2-5(9-4)10(7)8/h1-2H,(H,7,8)/p-1. The second-order valence-corrected chi connectivity index (χ2v) is 3.72. The predicted octanol–water partition coefficient (Wildman–Crippen LogP) is 0.858. The van der Waals surface area contributed by atoms with Gasteiger partial charge in [-0.1, -0.05) is 0 Å². The second-order valence-electron chi connectivity index (χ2n) is 1.47. The van der Waals surface area contributed by atoms with E-state index >= 15 is 0 Å². The van der Waals surface area contributed by atoms with Crippen LogP contribution in [-0.4, -0.2) is 8.76 Å². The molecule has 0 amide bonds. The highest BCUT2D eigenvalue weighted by Gasteiger charge is 1.97. The molecule has 0 spiro atoms. The highest BCUT2D eigenvalue weighted by molar-refractivity contribution is 7.81. The van der Waals surface area contributed by atoms with Crippen molar-refractivity contribution in [2.75, 3.05) is 0 Å². The zero-order valence-electron chi connectivity index (χ0n) is 4.73. The zero-order chi connectivity index (χ0) is 7.56. The van der Waals surface area contributed by atoms with E-state index in [0.29, 0.717) is 4.88 Å². The van der Waals surface area contributed by atoms with Crippen molar-refractivity contribution >= 4 is 22.4 Å². The first kappa shape index (κ1) is 7.41. The molecule has 0 saturated heterocycles. The molecule has 0 aliphatic heterocycles. The molecule has 0 fully saturated rings. The van der Waals surface area contributed by atoms with Crippen LogP contribution >= 0.6 is 11.3 Å². The first-order chi connectivity index (χ1) is 4.74. The average Bonchev–Trinajstić information content (AvgIpc) is 2.34. The lowest BCUT2D eigenvalue weighted by Crippen LogP contribution is -1.80. The molecule has 1 atom stereocenters. The van der Waals surface area contributed by atoms with Gasteiger partial charge in [-0.05, 0) is 23.2 Å². The van der Waals surface area contributed by atoms with E-state index in [1.54, 1.807) is 0 Å². The van der Waals surface area contributed by atoms with Gasteiger partial charge in [0.05, 0.1) is 4.21 Å². The fourth-order valence-electron chi connectivity index (χ4n) is 0.470. The fraction of sp³-hybridized carbons (Fsp3) is 0. The van der Waals surface area contributed by atoms with E-state index < -0.39 is 11.1 Å². The maximum Gasteiger partial charge on any atom is 0.110 e. The van der Waals surface area contributed by atoms with Gasteiger partial charge in [0.1, 0.15) is 10.9 Å². The minimum Gasteiger partial charge on any atom is -0.768 e. The predicted molar refractivity (Wildman–Crippen MR) is 36.2 cm³/mol. The first-order valence-corrected chi connectivity index (χ1v) is 4.22. The molecule has 0 saturated carbocycles. The molecule has 1 aromatic rings. The van der Waals surface area contributed by atoms with Crippen LogP contribution in [-0.2, 0) is 11.1 Å². The van der Waals surface area contributed by atoms with Crippen LogP contribution in [0.1, 0.15) is 4.88 Å². The van der Waals surface area contributed by atoms with E-state index in [1.165, 1.54) is 12.1 Å². The van der Waals surface area contributed by atoms with E-state index in [-0.39, 0.29) is 4.21 Å². The summed E-state index contributed by atoms with van der Waals surface area (Å²) < 4.78 is 20.7. The summed E-state index contributed by atoms with van der Waals surface area (Å²) in [6.45, 7) is 0. The van der Waals surface area contributed by atoms with Crippen LogP contribution in [0, 0.1) is 11.3 Å². The third-order valence-electron chi connectivity index (χ3n) is 0.856. The van der Waals surface area contributed by atoms with Gasteiger partial charge < -0.3 is 4.55 Å². The summed E-state index contributed by atoms with van der Waals surface area (Å²) in [6, 6.07) is 4.74. The van der Waals surface area contributed by atoms with Crippen molar-refractivity contribution in [1.29, 1.82) is 5.26 Å². The van der Waals surface area contributed by atoms with E-state index in [0.717, 1.165) is 11.3 Å². The Balaban J connectivity index is 3.02. The number of hydrogen-bond donors (Lipinski definition) is 0. The van der Waals surface area contributed by atoms with Gasteiger partial charge in [0, 0.05) is 0 Å². The van der Waals surface area contributed by atoms with Crippen LogP contribution in [0.3, 0.4) is 0 Å². The Bertz CT molecular complexity index is 299. The Labute approximate surface area is 64.2 Å². The smallest absolute Gasteiger partial charge is 0.110 e. The van der Waals surface area contributed by atoms with Crippen molar-refractivity contribution in [3.63, 3.8) is 0 Å². The van der Waals surface area contributed by atoms with Crippen LogP contribution in [0.15, 0.2) is 16.3 Å². The van der Waals surface area contributed by atoms with Gasteiger partial charge in [-0.2, -0.15) is 5.26 Å². The summed E-state index contributed by atoms with van der Waals surface area (Å²) in [5, 5.41) is 8.29. The fourth-order valence-corrected chi connectivity index (χ4v) is 1.73. The molecule has 0 aliphatic rings. The Kier molecular flexibility index (Phi) is 2.17. The van der Waals surface area contributed by atoms with Gasteiger partial charge in [-0.15, -0.1) is 11.3 Å². The molecular formula is C5H2NO2S2-. The minimum atomic E-state index is -2.19. The molecule has 10 heavy (non-hydrogen) atoms. The summed E-state index contributed by atoms with van der Waals surface area (Å²) in [7, 11) is 0. The maximum atomic E-state index is 10.2. The molecule has 0 bridgehead atoms. The van der Waals surface area contributed by atoms with Crippen molar-refractivity contribution in [3.05, 3.63) is 17.0 Å². The van der Waals surface area contributed by atoms with Crippen molar-refractivity contribution in [1.82, 2.24) is 0 Å². The molecule has 3 nitrogen and oxygen atoms in total. The quantitative estimate of drug-likeness (QED) is 0.590. The Morgan fingerprint density at radius 2 is 2.40 bits per heavy atom. The highest BCUT2D eigenvalue weighted by atomic mass is 32.2. The number of rotatable bonds is 1. The van der Waals surface area contributed by atoms with Gasteiger partial charge in [0.15, 0.2) is 0 Å². The van der Waals surface area contributed by atoms with E-state index in [1.807, 2.05) is 6.07 Å². The molecule has 0 aromatic carbocycles. The molecule has 1 heterocycles. The summed E-state index contributed by atoms with van der Waals surface area (Å²) in [4.78, 5) is 0.416. The molecule has 1 rings (SSSR count). The summed E-state index contributed by atoms with van der Waals surface area (Å²) in [5.41, 5.74) is 0. The van der Waals surface area contributed by atoms with E-state index in [4.69, 9.17) is 5.26 Å². The second kappa shape index (κ2) is 2.92. The van der Waals surface area contributed by atoms with Crippen molar-refractivity contribution in [3.8, 4) is 6.07 Å². The lowest BCUT2D eigenvalue weighted by atomic mass is 10.5. The van der Waals surface area contributed by atoms with Crippen LogP contribution in [0.2, 0.25) is 0 Å². The lowest BCUT2D eigenvalue weighted by molar-refractivity contribution is 0.539. The molecule has 1 unspecified atom stereocenters. The molecule has 5 heteroatoms. The summed E-state index contributed by atoms with van der Waals surface area (Å²) in [6.07, 6.45) is 0. The molecule has 52 valence electrons. The Morgan fingerprint density at radius 1 is 1.70 bits per heavy atom. The molecule has 0 N–H and O–H groups in total. The van der Waals surface area contributed by atoms with Crippen LogP contribution < -0.4 is 0 Å². The topological polar surface area (TPSA) is 63.9 Å². The van der Waals surface area contributed by atoms with Gasteiger partial charge in [0.2, 0.25) is 0 Å². The molecular weight excluding hydrogens is 170 g/mol. The lowest BCUT2D eigenvalue weighted by Gasteiger charge is -1.96. The third-order valence-corrected chi connectivity index (χ3v) is 2.76. The first-order valence-electron chi connectivity index (χ1n) is 2.33. The number of nitriles is 1. The average molecular weight is 172 g/mol. The Hall–Kier alpha value is -0.700. The zero-order valence-corrected chi connectivity index (χ0v) is 6.37. The molecule has 0 radical (unpaired) electrons. The van der Waals surface area contributed by atoms with Gasteiger partial charge in [0.25, 0.3) is 0 Å². The SMILES string of the molecule is N#Cc1ccc(S(=O)[O-])s1. The normalized spacial score (nSPS) is 12.4. The van der Waals surface area contributed by atoms with E-state index in [2.05, 4.69) is 0 Å². The van der Waals surface area contributed by atoms with Crippen molar-refractivity contribution < 1.29 is 8.76 Å². The highest BCUT2D eigenvalue weighted by Crippen LogP contribution is 2.17. The van der Waals surface area contributed by atoms with Crippen LogP contribution in [0.5, 0.6) is 0 Å². The van der Waals surface area contributed by atoms with E-state index in [9.17, 15) is 8.76 Å². The van der Waals surface area contributed by atoms with Crippen molar-refractivity contribution in [2.24, 2.45) is 0 Å². The van der Waals surface area contributed by atoms with Crippen LogP contribution in [0.4, 0.5) is 0 Å². The largest absolute Gasteiger partial charge is 0.768 e. The number of nitrogens with zero attached hydrogens (tertiary/aromatic N) is 1. The van der Waals surface area contributed by atoms with Crippen molar-refractivity contribution in [2.45, 2.75) is 4.21 Å². The Morgan fingerprint density at radius 3 is 2.70 bits per heavy atom. The third kappa shape index (κ3) is 1.42. The minimum absolute atomic E-state index is 0.205. The molecule has 0 aliphatic carbocycles. The van der Waals surface area contributed by atoms with Gasteiger partial charge in [-0.3, -0.25) is 4.21 Å². The maximum absolute atomic E-state index is 10.2. The summed E-state index contributed by atoms with van der Waals surface area (Å²) >= 11 is -1.23. The van der Waals surface area contributed by atoms with Gasteiger partial charge >= 0.3 is 0 Å². The number of hydrogen-bond acceptors (Lipinski definition) is 4. The summed E-state index contributed by atoms with van der Waals surface area (Å²) in [5.74, 6) is 0. The number of thiophene rings is 1. The van der Waals surface area contributed by atoms with Crippen LogP contribution in [0.25, 0.3) is 0 Å². The van der Waals surface area contributed by atoms with Gasteiger partial charge in [-0.25, -0.2) is 0 Å². The molecule has 1 aromatic heterocycles. The monoisotopic (exact) mass is 172 g/mol.